The Balaban J connectivity index is 2.33. The predicted molar refractivity (Wildman–Crippen MR) is 67.1 cm³/mol. The van der Waals surface area contributed by atoms with Crippen molar-refractivity contribution >= 4 is 27.0 Å². The lowest BCUT2D eigenvalue weighted by molar-refractivity contribution is 0.101. The molecule has 2 aromatic rings. The molecule has 0 aliphatic carbocycles. The number of ketones is 1. The van der Waals surface area contributed by atoms with Gasteiger partial charge < -0.3 is 0 Å². The van der Waals surface area contributed by atoms with Crippen LogP contribution in [0.5, 0.6) is 0 Å². The molecule has 0 unspecified atom stereocenters. The lowest BCUT2D eigenvalue weighted by Gasteiger charge is -2.04. The Morgan fingerprint density at radius 3 is 2.26 bits per heavy atom. The molecule has 0 fully saturated rings. The topological polar surface area (TPSA) is 51.2 Å². The first kappa shape index (κ1) is 13.8. The van der Waals surface area contributed by atoms with Crippen LogP contribution < -0.4 is 0 Å². The zero-order chi connectivity index (χ0) is 14.0. The Kier molecular flexibility index (Phi) is 3.77. The van der Waals surface area contributed by atoms with Crippen LogP contribution in [0.15, 0.2) is 39.9 Å². The molecule has 0 N–H and O–H groups in total. The molecule has 0 radical (unpaired) electrons. The van der Waals surface area contributed by atoms with E-state index in [9.17, 15) is 22.0 Å². The van der Waals surface area contributed by atoms with Gasteiger partial charge in [-0.2, -0.15) is 0 Å². The number of benzene rings is 1. The highest BCUT2D eigenvalue weighted by molar-refractivity contribution is 7.94. The lowest BCUT2D eigenvalue weighted by Crippen LogP contribution is -2.18. The van der Waals surface area contributed by atoms with Gasteiger partial charge in [-0.1, -0.05) is 12.1 Å². The molecule has 0 aliphatic rings. The largest absolute Gasteiger partial charge is 0.293 e. The number of hydrogen-bond donors (Lipinski definition) is 0. The molecule has 0 spiro atoms. The fourth-order valence-corrected chi connectivity index (χ4v) is 3.82. The highest BCUT2D eigenvalue weighted by Crippen LogP contribution is 2.20. The number of sulfone groups is 1. The van der Waals surface area contributed by atoms with E-state index in [0.717, 1.165) is 29.5 Å². The van der Waals surface area contributed by atoms with Gasteiger partial charge in [0.15, 0.2) is 15.6 Å². The number of carbonyl (C=O) groups is 1. The Morgan fingerprint density at radius 1 is 1.11 bits per heavy atom. The summed E-state index contributed by atoms with van der Waals surface area (Å²) in [5.74, 6) is -4.17. The maximum atomic E-state index is 13.4. The number of rotatable bonds is 4. The molecule has 1 aromatic heterocycles. The second-order valence-electron chi connectivity index (χ2n) is 3.71. The SMILES string of the molecule is O=C(CS(=O)(=O)c1cccs1)c1c(F)cccc1F. The van der Waals surface area contributed by atoms with Crippen LogP contribution >= 0.6 is 11.3 Å². The molecule has 0 amide bonds. The Bertz CT molecular complexity index is 686. The van der Waals surface area contributed by atoms with Crippen LogP contribution in [0, 0.1) is 11.6 Å². The van der Waals surface area contributed by atoms with Gasteiger partial charge in [0.1, 0.15) is 21.6 Å². The average Bonchev–Trinajstić information content (AvgIpc) is 2.81. The fourth-order valence-electron chi connectivity index (χ4n) is 1.52. The first-order valence-electron chi connectivity index (χ1n) is 5.15. The summed E-state index contributed by atoms with van der Waals surface area (Å²) in [5.41, 5.74) is -0.817. The minimum atomic E-state index is -3.86. The molecule has 0 atom stereocenters. The van der Waals surface area contributed by atoms with Crippen molar-refractivity contribution in [3.63, 3.8) is 0 Å². The van der Waals surface area contributed by atoms with E-state index in [-0.39, 0.29) is 4.21 Å². The van der Waals surface area contributed by atoms with Crippen molar-refractivity contribution in [1.82, 2.24) is 0 Å². The summed E-state index contributed by atoms with van der Waals surface area (Å²) in [6.07, 6.45) is 0. The molecule has 0 saturated heterocycles. The van der Waals surface area contributed by atoms with Crippen LogP contribution in [0.3, 0.4) is 0 Å². The fraction of sp³-hybridized carbons (Fsp3) is 0.0833. The van der Waals surface area contributed by atoms with Crippen molar-refractivity contribution < 1.29 is 22.0 Å². The van der Waals surface area contributed by atoms with Gasteiger partial charge in [0.05, 0.1) is 5.56 Å². The second-order valence-corrected chi connectivity index (χ2v) is 6.88. The molecule has 1 heterocycles. The van der Waals surface area contributed by atoms with Gasteiger partial charge in [-0.3, -0.25) is 4.79 Å². The first-order chi connectivity index (χ1) is 8.92. The third-order valence-corrected chi connectivity index (χ3v) is 5.47. The standard InChI is InChI=1S/C12H8F2O3S2/c13-8-3-1-4-9(14)12(8)10(15)7-19(16,17)11-5-2-6-18-11/h1-6H,7H2. The van der Waals surface area contributed by atoms with Crippen molar-refractivity contribution in [2.45, 2.75) is 4.21 Å². The zero-order valence-electron chi connectivity index (χ0n) is 9.47. The van der Waals surface area contributed by atoms with Crippen LogP contribution in [0.4, 0.5) is 8.78 Å². The van der Waals surface area contributed by atoms with Crippen LogP contribution in [0.2, 0.25) is 0 Å². The third-order valence-electron chi connectivity index (χ3n) is 2.36. The first-order valence-corrected chi connectivity index (χ1v) is 7.68. The van der Waals surface area contributed by atoms with Gasteiger partial charge in [-0.05, 0) is 23.6 Å². The maximum absolute atomic E-state index is 13.4. The number of Topliss-reactive ketones (excluding diaryl/α,β-unsaturated/α-hetero) is 1. The Morgan fingerprint density at radius 2 is 1.74 bits per heavy atom. The van der Waals surface area contributed by atoms with E-state index in [2.05, 4.69) is 0 Å². The van der Waals surface area contributed by atoms with E-state index in [1.54, 1.807) is 5.38 Å². The molecule has 0 aliphatic heterocycles. The van der Waals surface area contributed by atoms with Gasteiger partial charge in [-0.15, -0.1) is 11.3 Å². The molecule has 100 valence electrons. The van der Waals surface area contributed by atoms with Gasteiger partial charge in [0.2, 0.25) is 0 Å². The molecule has 1 aromatic carbocycles. The quantitative estimate of drug-likeness (QED) is 0.816. The minimum Gasteiger partial charge on any atom is -0.293 e. The Labute approximate surface area is 112 Å². The van der Waals surface area contributed by atoms with Gasteiger partial charge in [0, 0.05) is 0 Å². The van der Waals surface area contributed by atoms with Gasteiger partial charge in [0.25, 0.3) is 0 Å². The molecule has 7 heteroatoms. The number of hydrogen-bond acceptors (Lipinski definition) is 4. The molecular weight excluding hydrogens is 294 g/mol. The monoisotopic (exact) mass is 302 g/mol. The van der Waals surface area contributed by atoms with E-state index in [4.69, 9.17) is 0 Å². The summed E-state index contributed by atoms with van der Waals surface area (Å²) in [7, 11) is -3.86. The van der Waals surface area contributed by atoms with E-state index in [0.29, 0.717) is 0 Å². The molecule has 2 rings (SSSR count). The van der Waals surface area contributed by atoms with Crippen molar-refractivity contribution in [2.24, 2.45) is 0 Å². The van der Waals surface area contributed by atoms with Crippen LogP contribution in [0.1, 0.15) is 10.4 Å². The predicted octanol–water partition coefficient (Wildman–Crippen LogP) is 2.68. The second kappa shape index (κ2) is 5.18. The molecule has 0 saturated carbocycles. The maximum Gasteiger partial charge on any atom is 0.195 e. The van der Waals surface area contributed by atoms with E-state index in [1.807, 2.05) is 0 Å². The van der Waals surface area contributed by atoms with Gasteiger partial charge in [-0.25, -0.2) is 17.2 Å². The highest BCUT2D eigenvalue weighted by Gasteiger charge is 2.25. The average molecular weight is 302 g/mol. The molecular formula is C12H8F2O3S2. The number of carbonyl (C=O) groups excluding carboxylic acids is 1. The smallest absolute Gasteiger partial charge is 0.195 e. The summed E-state index contributed by atoms with van der Waals surface area (Å²) < 4.78 is 50.4. The van der Waals surface area contributed by atoms with E-state index in [1.165, 1.54) is 12.1 Å². The van der Waals surface area contributed by atoms with Crippen LogP contribution in [0.25, 0.3) is 0 Å². The van der Waals surface area contributed by atoms with Crippen molar-refractivity contribution in [3.05, 3.63) is 52.9 Å². The van der Waals surface area contributed by atoms with Crippen molar-refractivity contribution in [2.75, 3.05) is 5.75 Å². The van der Waals surface area contributed by atoms with Crippen molar-refractivity contribution in [3.8, 4) is 0 Å². The van der Waals surface area contributed by atoms with Crippen molar-refractivity contribution in [1.29, 1.82) is 0 Å². The van der Waals surface area contributed by atoms with E-state index >= 15 is 0 Å². The lowest BCUT2D eigenvalue weighted by atomic mass is 10.1. The summed E-state index contributed by atoms with van der Waals surface area (Å²) in [5, 5.41) is 1.54. The molecule has 0 bridgehead atoms. The van der Waals surface area contributed by atoms with E-state index < -0.39 is 38.6 Å². The summed E-state index contributed by atoms with van der Waals surface area (Å²) in [6, 6.07) is 5.79. The summed E-state index contributed by atoms with van der Waals surface area (Å²) in [4.78, 5) is 11.7. The normalized spacial score (nSPS) is 11.5. The highest BCUT2D eigenvalue weighted by atomic mass is 32.2. The number of thiophene rings is 1. The summed E-state index contributed by atoms with van der Waals surface area (Å²) in [6.45, 7) is 0. The van der Waals surface area contributed by atoms with Gasteiger partial charge >= 0.3 is 0 Å². The minimum absolute atomic E-state index is 0.00222. The third kappa shape index (κ3) is 2.87. The zero-order valence-corrected chi connectivity index (χ0v) is 11.1. The Hall–Kier alpha value is -1.60. The summed E-state index contributed by atoms with van der Waals surface area (Å²) >= 11 is 0.948. The molecule has 3 nitrogen and oxygen atoms in total. The van der Waals surface area contributed by atoms with Crippen LogP contribution in [-0.2, 0) is 9.84 Å². The molecule has 19 heavy (non-hydrogen) atoms. The van der Waals surface area contributed by atoms with Crippen LogP contribution in [-0.4, -0.2) is 20.0 Å². The number of halogens is 2.